The molecule has 2 N–H and O–H groups in total. The van der Waals surface area contributed by atoms with Crippen LogP contribution in [0.3, 0.4) is 0 Å². The molecule has 1 aliphatic rings. The fraction of sp³-hybridized carbons (Fsp3) is 0.357. The Balaban J connectivity index is 2.34. The first-order valence-corrected chi connectivity index (χ1v) is 6.99. The fourth-order valence-electron chi connectivity index (χ4n) is 2.64. The van der Waals surface area contributed by atoms with Crippen molar-refractivity contribution in [2.24, 2.45) is 0 Å². The summed E-state index contributed by atoms with van der Waals surface area (Å²) in [6.45, 7) is 0. The lowest BCUT2D eigenvalue weighted by Crippen LogP contribution is -2.03. The molecule has 1 heterocycles. The summed E-state index contributed by atoms with van der Waals surface area (Å²) in [5, 5.41) is 1.96. The average molecular weight is 281 g/mol. The Morgan fingerprint density at radius 2 is 1.83 bits per heavy atom. The number of aromatic nitrogens is 1. The van der Waals surface area contributed by atoms with Gasteiger partial charge in [0.2, 0.25) is 0 Å². The van der Waals surface area contributed by atoms with Crippen molar-refractivity contribution < 1.29 is 0 Å². The number of nitrogens with zero attached hydrogens (tertiary/aromatic N) is 1. The van der Waals surface area contributed by atoms with Crippen LogP contribution >= 0.6 is 23.2 Å². The van der Waals surface area contributed by atoms with Crippen molar-refractivity contribution in [1.29, 1.82) is 0 Å². The van der Waals surface area contributed by atoms with E-state index in [1.54, 1.807) is 6.07 Å². The molecule has 94 valence electrons. The van der Waals surface area contributed by atoms with Crippen LogP contribution in [0.1, 0.15) is 30.5 Å². The number of benzene rings is 1. The molecule has 1 aromatic carbocycles. The molecule has 3 rings (SSSR count). The molecule has 0 saturated carbocycles. The van der Waals surface area contributed by atoms with Gasteiger partial charge in [0.25, 0.3) is 0 Å². The van der Waals surface area contributed by atoms with Gasteiger partial charge in [-0.05, 0) is 43.4 Å². The monoisotopic (exact) mass is 280 g/mol. The SMILES string of the molecule is Nc1c2c(nc3c(Cl)c(Cl)ccc13)CCCCC2. The highest BCUT2D eigenvalue weighted by Gasteiger charge is 2.17. The number of rotatable bonds is 0. The maximum Gasteiger partial charge on any atom is 0.0927 e. The second kappa shape index (κ2) is 4.60. The predicted octanol–water partition coefficient (Wildman–Crippen LogP) is 4.39. The van der Waals surface area contributed by atoms with Crippen molar-refractivity contribution in [2.75, 3.05) is 5.73 Å². The van der Waals surface area contributed by atoms with Gasteiger partial charge in [-0.2, -0.15) is 0 Å². The maximum atomic E-state index is 6.29. The summed E-state index contributed by atoms with van der Waals surface area (Å²) in [5.74, 6) is 0. The van der Waals surface area contributed by atoms with Crippen LogP contribution in [-0.2, 0) is 12.8 Å². The minimum Gasteiger partial charge on any atom is -0.398 e. The van der Waals surface area contributed by atoms with Crippen LogP contribution in [0.25, 0.3) is 10.9 Å². The molecule has 0 unspecified atom stereocenters. The van der Waals surface area contributed by atoms with Gasteiger partial charge in [0.1, 0.15) is 0 Å². The Morgan fingerprint density at radius 3 is 2.67 bits per heavy atom. The molecular formula is C14H14Cl2N2. The molecule has 0 spiro atoms. The Bertz CT molecular complexity index is 623. The van der Waals surface area contributed by atoms with Crippen molar-refractivity contribution >= 4 is 39.8 Å². The minimum atomic E-state index is 0.507. The zero-order valence-corrected chi connectivity index (χ0v) is 11.5. The van der Waals surface area contributed by atoms with E-state index in [9.17, 15) is 0 Å². The van der Waals surface area contributed by atoms with Crippen LogP contribution in [-0.4, -0.2) is 4.98 Å². The standard InChI is InChI=1S/C14H14Cl2N2/c15-10-7-6-9-13(17)8-4-2-1-3-5-11(8)18-14(9)12(10)16/h6-7H,1-5H2,(H2,17,18). The van der Waals surface area contributed by atoms with Gasteiger partial charge in [-0.15, -0.1) is 0 Å². The van der Waals surface area contributed by atoms with E-state index in [0.717, 1.165) is 35.1 Å². The Hall–Kier alpha value is -0.990. The molecule has 2 aromatic rings. The number of fused-ring (bicyclic) bond motifs is 2. The van der Waals surface area contributed by atoms with E-state index in [2.05, 4.69) is 0 Å². The first-order valence-electron chi connectivity index (χ1n) is 6.23. The zero-order valence-electron chi connectivity index (χ0n) is 9.97. The van der Waals surface area contributed by atoms with E-state index in [0.29, 0.717) is 10.0 Å². The molecule has 0 radical (unpaired) electrons. The Labute approximate surface area is 116 Å². The van der Waals surface area contributed by atoms with Crippen LogP contribution in [0.5, 0.6) is 0 Å². The molecular weight excluding hydrogens is 267 g/mol. The van der Waals surface area contributed by atoms with E-state index in [-0.39, 0.29) is 0 Å². The molecule has 18 heavy (non-hydrogen) atoms. The molecule has 0 bridgehead atoms. The third kappa shape index (κ3) is 1.84. The van der Waals surface area contributed by atoms with Crippen LogP contribution in [0, 0.1) is 0 Å². The number of anilines is 1. The highest BCUT2D eigenvalue weighted by atomic mass is 35.5. The van der Waals surface area contributed by atoms with Gasteiger partial charge in [0, 0.05) is 16.8 Å². The van der Waals surface area contributed by atoms with Gasteiger partial charge in [-0.25, -0.2) is 0 Å². The molecule has 4 heteroatoms. The zero-order chi connectivity index (χ0) is 12.7. The summed E-state index contributed by atoms with van der Waals surface area (Å²) < 4.78 is 0. The molecule has 0 atom stereocenters. The number of pyridine rings is 1. The molecule has 1 aromatic heterocycles. The number of nitrogen functional groups attached to an aromatic ring is 1. The van der Waals surface area contributed by atoms with Crippen LogP contribution in [0.2, 0.25) is 10.0 Å². The van der Waals surface area contributed by atoms with E-state index in [1.165, 1.54) is 24.8 Å². The van der Waals surface area contributed by atoms with E-state index < -0.39 is 0 Å². The van der Waals surface area contributed by atoms with Gasteiger partial charge >= 0.3 is 0 Å². The van der Waals surface area contributed by atoms with E-state index in [1.807, 2.05) is 6.07 Å². The first-order chi connectivity index (χ1) is 8.68. The molecule has 1 aliphatic carbocycles. The molecule has 0 amide bonds. The Kier molecular flexibility index (Phi) is 3.08. The lowest BCUT2D eigenvalue weighted by Gasteiger charge is -2.13. The fourth-order valence-corrected chi connectivity index (χ4v) is 3.00. The lowest BCUT2D eigenvalue weighted by molar-refractivity contribution is 0.709. The first kappa shape index (κ1) is 12.1. The highest BCUT2D eigenvalue weighted by Crippen LogP contribution is 2.36. The van der Waals surface area contributed by atoms with Crippen molar-refractivity contribution in [2.45, 2.75) is 32.1 Å². The summed E-state index contributed by atoms with van der Waals surface area (Å²) in [6, 6.07) is 3.70. The summed E-state index contributed by atoms with van der Waals surface area (Å²) >= 11 is 12.3. The van der Waals surface area contributed by atoms with Crippen molar-refractivity contribution in [3.05, 3.63) is 33.4 Å². The second-order valence-electron chi connectivity index (χ2n) is 4.77. The molecule has 2 nitrogen and oxygen atoms in total. The number of nitrogens with two attached hydrogens (primary N) is 1. The van der Waals surface area contributed by atoms with Gasteiger partial charge in [0.15, 0.2) is 0 Å². The molecule has 0 aliphatic heterocycles. The van der Waals surface area contributed by atoms with Crippen molar-refractivity contribution in [3.8, 4) is 0 Å². The summed E-state index contributed by atoms with van der Waals surface area (Å²) in [5.41, 5.74) is 10.2. The van der Waals surface area contributed by atoms with Crippen molar-refractivity contribution in [1.82, 2.24) is 4.98 Å². The van der Waals surface area contributed by atoms with Crippen molar-refractivity contribution in [3.63, 3.8) is 0 Å². The minimum absolute atomic E-state index is 0.507. The third-order valence-electron chi connectivity index (χ3n) is 3.62. The highest BCUT2D eigenvalue weighted by molar-refractivity contribution is 6.45. The lowest BCUT2D eigenvalue weighted by atomic mass is 10.0. The van der Waals surface area contributed by atoms with Gasteiger partial charge in [-0.1, -0.05) is 29.6 Å². The second-order valence-corrected chi connectivity index (χ2v) is 5.55. The number of halogens is 2. The van der Waals surface area contributed by atoms with E-state index in [4.69, 9.17) is 33.9 Å². The molecule has 0 fully saturated rings. The quantitative estimate of drug-likeness (QED) is 0.727. The molecule has 0 saturated heterocycles. The number of aryl methyl sites for hydroxylation is 1. The average Bonchev–Trinajstić information content (AvgIpc) is 2.60. The summed E-state index contributed by atoms with van der Waals surface area (Å²) in [4.78, 5) is 4.70. The van der Waals surface area contributed by atoms with Gasteiger partial charge in [0.05, 0.1) is 15.6 Å². The summed E-state index contributed by atoms with van der Waals surface area (Å²) in [7, 11) is 0. The summed E-state index contributed by atoms with van der Waals surface area (Å²) in [6.07, 6.45) is 5.60. The van der Waals surface area contributed by atoms with Crippen LogP contribution < -0.4 is 5.73 Å². The maximum absolute atomic E-state index is 6.29. The topological polar surface area (TPSA) is 38.9 Å². The van der Waals surface area contributed by atoms with Crippen LogP contribution in [0.4, 0.5) is 5.69 Å². The predicted molar refractivity (Wildman–Crippen MR) is 77.4 cm³/mol. The van der Waals surface area contributed by atoms with E-state index >= 15 is 0 Å². The Morgan fingerprint density at radius 1 is 1.06 bits per heavy atom. The number of hydrogen-bond donors (Lipinski definition) is 1. The third-order valence-corrected chi connectivity index (χ3v) is 4.41. The van der Waals surface area contributed by atoms with Crippen LogP contribution in [0.15, 0.2) is 12.1 Å². The largest absolute Gasteiger partial charge is 0.398 e. The number of hydrogen-bond acceptors (Lipinski definition) is 2. The van der Waals surface area contributed by atoms with Gasteiger partial charge in [-0.3, -0.25) is 4.98 Å². The van der Waals surface area contributed by atoms with Gasteiger partial charge < -0.3 is 5.73 Å². The smallest absolute Gasteiger partial charge is 0.0927 e. The normalized spacial score (nSPS) is 15.4.